The van der Waals surface area contributed by atoms with Gasteiger partial charge in [-0.15, -0.1) is 0 Å². The molecule has 1 fully saturated rings. The first kappa shape index (κ1) is 16.3. The fraction of sp³-hybridized carbons (Fsp3) is 0.722. The minimum Gasteiger partial charge on any atom is -0.370 e. The number of hydrogen-bond donors (Lipinski definition) is 1. The van der Waals surface area contributed by atoms with Crippen molar-refractivity contribution >= 4 is 5.69 Å². The summed E-state index contributed by atoms with van der Waals surface area (Å²) in [5, 5.41) is 3.31. The fourth-order valence-corrected chi connectivity index (χ4v) is 3.36. The molecule has 0 spiro atoms. The van der Waals surface area contributed by atoms with Crippen molar-refractivity contribution in [2.45, 2.75) is 53.0 Å². The SMILES string of the molecule is CCC(NC)c1ccc(N2CCC(C(C)(C)C)CC2)cn1. The second kappa shape index (κ2) is 6.78. The molecule has 0 radical (unpaired) electrons. The van der Waals surface area contributed by atoms with Crippen LogP contribution in [0.25, 0.3) is 0 Å². The average molecular weight is 289 g/mol. The van der Waals surface area contributed by atoms with E-state index in [0.717, 1.165) is 31.1 Å². The summed E-state index contributed by atoms with van der Waals surface area (Å²) >= 11 is 0. The minimum atomic E-state index is 0.366. The number of hydrogen-bond acceptors (Lipinski definition) is 3. The molecule has 21 heavy (non-hydrogen) atoms. The highest BCUT2D eigenvalue weighted by Crippen LogP contribution is 2.35. The molecule has 1 aliphatic rings. The lowest BCUT2D eigenvalue weighted by Crippen LogP contribution is -2.38. The van der Waals surface area contributed by atoms with Crippen molar-refractivity contribution in [3.05, 3.63) is 24.0 Å². The predicted molar refractivity (Wildman–Crippen MR) is 90.7 cm³/mol. The topological polar surface area (TPSA) is 28.2 Å². The van der Waals surface area contributed by atoms with E-state index in [1.54, 1.807) is 0 Å². The van der Waals surface area contributed by atoms with Crippen LogP contribution >= 0.6 is 0 Å². The van der Waals surface area contributed by atoms with Gasteiger partial charge < -0.3 is 10.2 Å². The third-order valence-electron chi connectivity index (χ3n) is 4.97. The molecule has 1 atom stereocenters. The van der Waals surface area contributed by atoms with Gasteiger partial charge in [-0.25, -0.2) is 0 Å². The summed E-state index contributed by atoms with van der Waals surface area (Å²) in [6.07, 6.45) is 5.70. The molecule has 2 rings (SSSR count). The van der Waals surface area contributed by atoms with Crippen LogP contribution in [0.4, 0.5) is 5.69 Å². The van der Waals surface area contributed by atoms with Crippen molar-refractivity contribution in [2.24, 2.45) is 11.3 Å². The van der Waals surface area contributed by atoms with E-state index in [9.17, 15) is 0 Å². The van der Waals surface area contributed by atoms with Crippen LogP contribution in [0.15, 0.2) is 18.3 Å². The molecule has 1 aromatic rings. The molecule has 3 nitrogen and oxygen atoms in total. The van der Waals surface area contributed by atoms with Crippen LogP contribution in [0.1, 0.15) is 58.7 Å². The Morgan fingerprint density at radius 1 is 1.29 bits per heavy atom. The highest BCUT2D eigenvalue weighted by molar-refractivity contribution is 5.45. The summed E-state index contributed by atoms with van der Waals surface area (Å²) < 4.78 is 0. The van der Waals surface area contributed by atoms with Crippen LogP contribution in [0.3, 0.4) is 0 Å². The first-order chi connectivity index (χ1) is 9.95. The molecule has 0 saturated carbocycles. The van der Waals surface area contributed by atoms with Crippen LogP contribution in [-0.4, -0.2) is 25.1 Å². The number of aromatic nitrogens is 1. The van der Waals surface area contributed by atoms with Crippen molar-refractivity contribution in [3.63, 3.8) is 0 Å². The third-order valence-corrected chi connectivity index (χ3v) is 4.97. The Balaban J connectivity index is 1.98. The third kappa shape index (κ3) is 3.97. The van der Waals surface area contributed by atoms with E-state index in [2.05, 4.69) is 55.0 Å². The molecule has 1 unspecified atom stereocenters. The Kier molecular flexibility index (Phi) is 5.26. The molecule has 1 N–H and O–H groups in total. The van der Waals surface area contributed by atoms with Gasteiger partial charge in [0.2, 0.25) is 0 Å². The molecule has 0 aromatic carbocycles. The molecule has 2 heterocycles. The Labute approximate surface area is 130 Å². The van der Waals surface area contributed by atoms with Gasteiger partial charge in [-0.05, 0) is 49.8 Å². The smallest absolute Gasteiger partial charge is 0.0574 e. The molecule has 118 valence electrons. The van der Waals surface area contributed by atoms with Crippen LogP contribution in [0.2, 0.25) is 0 Å². The standard InChI is InChI=1S/C18H31N3/c1-6-16(19-5)17-8-7-15(13-20-17)21-11-9-14(10-12-21)18(2,3)4/h7-8,13-14,16,19H,6,9-12H2,1-5H3. The van der Waals surface area contributed by atoms with Crippen LogP contribution < -0.4 is 10.2 Å². The van der Waals surface area contributed by atoms with Crippen molar-refractivity contribution in [1.82, 2.24) is 10.3 Å². The van der Waals surface area contributed by atoms with Gasteiger partial charge >= 0.3 is 0 Å². The van der Waals surface area contributed by atoms with Crippen molar-refractivity contribution in [1.29, 1.82) is 0 Å². The molecular weight excluding hydrogens is 258 g/mol. The number of nitrogens with zero attached hydrogens (tertiary/aromatic N) is 2. The average Bonchev–Trinajstić information content (AvgIpc) is 2.48. The van der Waals surface area contributed by atoms with Gasteiger partial charge in [0.05, 0.1) is 17.6 Å². The monoisotopic (exact) mass is 289 g/mol. The van der Waals surface area contributed by atoms with Crippen molar-refractivity contribution in [3.8, 4) is 0 Å². The maximum atomic E-state index is 4.66. The highest BCUT2D eigenvalue weighted by Gasteiger charge is 2.28. The van der Waals surface area contributed by atoms with E-state index in [1.807, 2.05) is 13.2 Å². The van der Waals surface area contributed by atoms with Crippen LogP contribution in [0.5, 0.6) is 0 Å². The molecule has 1 saturated heterocycles. The lowest BCUT2D eigenvalue weighted by atomic mass is 9.75. The van der Waals surface area contributed by atoms with E-state index in [-0.39, 0.29) is 0 Å². The summed E-state index contributed by atoms with van der Waals surface area (Å²) in [7, 11) is 2.00. The maximum absolute atomic E-state index is 4.66. The van der Waals surface area contributed by atoms with Gasteiger partial charge in [0, 0.05) is 19.1 Å². The molecule has 0 amide bonds. The van der Waals surface area contributed by atoms with E-state index >= 15 is 0 Å². The quantitative estimate of drug-likeness (QED) is 0.907. The molecule has 3 heteroatoms. The van der Waals surface area contributed by atoms with E-state index in [0.29, 0.717) is 11.5 Å². The number of anilines is 1. The van der Waals surface area contributed by atoms with Gasteiger partial charge in [0.15, 0.2) is 0 Å². The Morgan fingerprint density at radius 3 is 2.38 bits per heavy atom. The van der Waals surface area contributed by atoms with Gasteiger partial charge in [-0.3, -0.25) is 4.98 Å². The van der Waals surface area contributed by atoms with Crippen molar-refractivity contribution in [2.75, 3.05) is 25.0 Å². The number of pyridine rings is 1. The normalized spacial score (nSPS) is 18.8. The summed E-state index contributed by atoms with van der Waals surface area (Å²) in [5.74, 6) is 0.842. The largest absolute Gasteiger partial charge is 0.370 e. The van der Waals surface area contributed by atoms with Crippen molar-refractivity contribution < 1.29 is 0 Å². The first-order valence-electron chi connectivity index (χ1n) is 8.34. The molecular formula is C18H31N3. The molecule has 0 aliphatic carbocycles. The lowest BCUT2D eigenvalue weighted by molar-refractivity contribution is 0.199. The summed E-state index contributed by atoms with van der Waals surface area (Å²) in [5.41, 5.74) is 2.86. The second-order valence-electron chi connectivity index (χ2n) is 7.32. The number of rotatable bonds is 4. The zero-order chi connectivity index (χ0) is 15.5. The minimum absolute atomic E-state index is 0.366. The van der Waals surface area contributed by atoms with Gasteiger partial charge in [-0.1, -0.05) is 27.7 Å². The molecule has 0 bridgehead atoms. The lowest BCUT2D eigenvalue weighted by Gasteiger charge is -2.39. The predicted octanol–water partition coefficient (Wildman–Crippen LogP) is 4.01. The first-order valence-corrected chi connectivity index (χ1v) is 8.34. The van der Waals surface area contributed by atoms with Gasteiger partial charge in [0.25, 0.3) is 0 Å². The zero-order valence-corrected chi connectivity index (χ0v) is 14.3. The van der Waals surface area contributed by atoms with E-state index in [4.69, 9.17) is 0 Å². The van der Waals surface area contributed by atoms with Gasteiger partial charge in [-0.2, -0.15) is 0 Å². The summed E-state index contributed by atoms with van der Waals surface area (Å²) in [6, 6.07) is 4.78. The number of nitrogens with one attached hydrogen (secondary N) is 1. The Morgan fingerprint density at radius 2 is 1.95 bits per heavy atom. The van der Waals surface area contributed by atoms with E-state index in [1.165, 1.54) is 18.5 Å². The molecule has 1 aromatic heterocycles. The van der Waals surface area contributed by atoms with E-state index < -0.39 is 0 Å². The summed E-state index contributed by atoms with van der Waals surface area (Å²) in [6.45, 7) is 11.6. The maximum Gasteiger partial charge on any atom is 0.0574 e. The van der Waals surface area contributed by atoms with Crippen LogP contribution in [-0.2, 0) is 0 Å². The fourth-order valence-electron chi connectivity index (χ4n) is 3.36. The second-order valence-corrected chi connectivity index (χ2v) is 7.32. The Bertz CT molecular complexity index is 421. The highest BCUT2D eigenvalue weighted by atomic mass is 15.1. The van der Waals surface area contributed by atoms with Crippen LogP contribution in [0, 0.1) is 11.3 Å². The Hall–Kier alpha value is -1.09. The number of piperidine rings is 1. The summed E-state index contributed by atoms with van der Waals surface area (Å²) in [4.78, 5) is 7.14. The van der Waals surface area contributed by atoms with Gasteiger partial charge in [0.1, 0.15) is 0 Å². The molecule has 1 aliphatic heterocycles. The zero-order valence-electron chi connectivity index (χ0n) is 14.3.